The standard InChI is InChI=1S/C38H75BN5O9P/c1-12-29(13-2)25-44(11)27-31(52-36(22-30(45)26-42(9)14-3)53-35(49)28-43(10)15-4)24-41-34(48)17-16-33(47)40-19-21-51-37(5,6)18-20-50-38(7,8)23-32(46)39-54/h29,31,36,39H,12-28,54H2,1-11H3,(H,40,47)(H,41,48). The van der Waals surface area contributed by atoms with Crippen molar-refractivity contribution in [2.24, 2.45) is 5.92 Å². The summed E-state index contributed by atoms with van der Waals surface area (Å²) in [4.78, 5) is 68.7. The maximum absolute atomic E-state index is 12.9. The Morgan fingerprint density at radius 1 is 0.759 bits per heavy atom. The van der Waals surface area contributed by atoms with E-state index in [9.17, 15) is 24.0 Å². The Morgan fingerprint density at radius 2 is 1.33 bits per heavy atom. The molecule has 54 heavy (non-hydrogen) atoms. The van der Waals surface area contributed by atoms with Crippen molar-refractivity contribution in [3.8, 4) is 0 Å². The number of likely N-dealkylation sites (N-methyl/N-ethyl adjacent to an activating group) is 3. The first-order valence-electron chi connectivity index (χ1n) is 19.7. The molecule has 0 aromatic carbocycles. The Labute approximate surface area is 329 Å². The molecule has 0 saturated carbocycles. The highest BCUT2D eigenvalue weighted by Gasteiger charge is 2.27. The predicted octanol–water partition coefficient (Wildman–Crippen LogP) is 2.61. The number of nitrogens with zero attached hydrogens (tertiary/aromatic N) is 3. The molecule has 16 heteroatoms. The zero-order chi connectivity index (χ0) is 41.3. The molecular weight excluding hydrogens is 712 g/mol. The number of hydrogen-bond acceptors (Lipinski definition) is 12. The fraction of sp³-hybridized carbons (Fsp3) is 0.868. The molecule has 0 heterocycles. The third-order valence-corrected chi connectivity index (χ3v) is 9.69. The maximum Gasteiger partial charge on any atom is 0.322 e. The molecule has 2 amide bonds. The summed E-state index contributed by atoms with van der Waals surface area (Å²) < 4.78 is 23.9. The van der Waals surface area contributed by atoms with Crippen molar-refractivity contribution < 1.29 is 42.9 Å². The number of ether oxygens (including phenoxy) is 4. The molecule has 0 fully saturated rings. The van der Waals surface area contributed by atoms with Crippen LogP contribution < -0.4 is 10.6 Å². The molecule has 2 N–H and O–H groups in total. The van der Waals surface area contributed by atoms with Crippen molar-refractivity contribution in [3.05, 3.63) is 0 Å². The number of carbonyl (C=O) groups excluding carboxylic acids is 5. The Kier molecular flexibility index (Phi) is 27.4. The molecule has 14 nitrogen and oxygen atoms in total. The highest BCUT2D eigenvalue weighted by molar-refractivity contribution is 7.62. The molecule has 0 aromatic rings. The van der Waals surface area contributed by atoms with Crippen LogP contribution in [0.5, 0.6) is 0 Å². The van der Waals surface area contributed by atoms with Gasteiger partial charge in [-0.25, -0.2) is 0 Å². The molecule has 0 bridgehead atoms. The smallest absolute Gasteiger partial charge is 0.322 e. The van der Waals surface area contributed by atoms with Crippen molar-refractivity contribution >= 4 is 45.4 Å². The monoisotopic (exact) mass is 788 g/mol. The Morgan fingerprint density at radius 3 is 1.91 bits per heavy atom. The van der Waals surface area contributed by atoms with Gasteiger partial charge in [0.05, 0.1) is 55.7 Å². The fourth-order valence-corrected chi connectivity index (χ4v) is 5.61. The first-order valence-corrected chi connectivity index (χ1v) is 20.5. The van der Waals surface area contributed by atoms with E-state index >= 15 is 0 Å². The second-order valence-electron chi connectivity index (χ2n) is 15.5. The maximum atomic E-state index is 12.9. The quantitative estimate of drug-likeness (QED) is 0.0330. The molecule has 0 saturated heterocycles. The van der Waals surface area contributed by atoms with Crippen LogP contribution in [0, 0.1) is 5.92 Å². The minimum atomic E-state index is -1.11. The number of ketones is 1. The van der Waals surface area contributed by atoms with Crippen molar-refractivity contribution in [2.75, 3.05) is 86.7 Å². The van der Waals surface area contributed by atoms with E-state index in [4.69, 9.17) is 18.9 Å². The molecule has 3 atom stereocenters. The molecule has 0 aromatic heterocycles. The molecule has 0 radical (unpaired) electrons. The first-order chi connectivity index (χ1) is 25.3. The van der Waals surface area contributed by atoms with Gasteiger partial charge in [-0.3, -0.25) is 29.0 Å². The summed E-state index contributed by atoms with van der Waals surface area (Å²) in [5.74, 6) is -0.724. The lowest BCUT2D eigenvalue weighted by molar-refractivity contribution is -0.193. The van der Waals surface area contributed by atoms with Gasteiger partial charge >= 0.3 is 5.97 Å². The molecule has 3 unspecified atom stereocenters. The van der Waals surface area contributed by atoms with Gasteiger partial charge in [-0.2, -0.15) is 9.12 Å². The lowest BCUT2D eigenvalue weighted by Gasteiger charge is -2.30. The first kappa shape index (κ1) is 52.0. The van der Waals surface area contributed by atoms with E-state index in [1.807, 2.05) is 60.5 Å². The summed E-state index contributed by atoms with van der Waals surface area (Å²) in [6.45, 7) is 20.3. The Balaban J connectivity index is 5.21. The van der Waals surface area contributed by atoms with Gasteiger partial charge in [-0.1, -0.05) is 40.5 Å². The highest BCUT2D eigenvalue weighted by atomic mass is 31.0. The molecular formula is C38H75BN5O9P. The average Bonchev–Trinajstić information content (AvgIpc) is 3.09. The van der Waals surface area contributed by atoms with Crippen molar-refractivity contribution in [1.29, 1.82) is 0 Å². The molecule has 314 valence electrons. The average molecular weight is 788 g/mol. The van der Waals surface area contributed by atoms with Gasteiger partial charge < -0.3 is 39.3 Å². The number of Topliss-reactive ketones (excluding diaryl/α,β-unsaturated/α-hetero) is 1. The number of rotatable bonds is 33. The summed E-state index contributed by atoms with van der Waals surface area (Å²) in [7, 11) is 8.07. The lowest BCUT2D eigenvalue weighted by Crippen LogP contribution is -2.45. The number of amides is 2. The second kappa shape index (κ2) is 28.4. The Hall–Kier alpha value is -2.00. The fourth-order valence-electron chi connectivity index (χ4n) is 5.47. The Bertz CT molecular complexity index is 1090. The lowest BCUT2D eigenvalue weighted by atomic mass is 9.89. The topological polar surface area (TPSA) is 156 Å². The minimum absolute atomic E-state index is 0.00211. The van der Waals surface area contributed by atoms with E-state index in [1.165, 1.54) is 0 Å². The molecule has 0 aliphatic heterocycles. The number of carbonyl (C=O) groups is 5. The zero-order valence-corrected chi connectivity index (χ0v) is 36.7. The van der Waals surface area contributed by atoms with Gasteiger partial charge in [0, 0.05) is 45.4 Å². The number of hydrogen-bond donors (Lipinski definition) is 2. The van der Waals surface area contributed by atoms with E-state index in [0.29, 0.717) is 65.2 Å². The van der Waals surface area contributed by atoms with E-state index in [-0.39, 0.29) is 62.2 Å². The van der Waals surface area contributed by atoms with E-state index in [0.717, 1.165) is 19.4 Å². The van der Waals surface area contributed by atoms with E-state index in [1.54, 1.807) is 11.9 Å². The highest BCUT2D eigenvalue weighted by Crippen LogP contribution is 2.20. The van der Waals surface area contributed by atoms with Gasteiger partial charge in [0.25, 0.3) is 0 Å². The van der Waals surface area contributed by atoms with Gasteiger partial charge in [0.15, 0.2) is 5.78 Å². The van der Waals surface area contributed by atoms with Crippen LogP contribution in [0.4, 0.5) is 0 Å². The van der Waals surface area contributed by atoms with Gasteiger partial charge in [-0.05, 0) is 74.3 Å². The van der Waals surface area contributed by atoms with Crippen molar-refractivity contribution in [1.82, 2.24) is 25.3 Å². The van der Waals surface area contributed by atoms with Crippen LogP contribution in [0.3, 0.4) is 0 Å². The molecule has 0 aliphatic rings. The third-order valence-electron chi connectivity index (χ3n) is 9.24. The van der Waals surface area contributed by atoms with Gasteiger partial charge in [0.2, 0.25) is 25.1 Å². The second-order valence-corrected chi connectivity index (χ2v) is 15.9. The largest absolute Gasteiger partial charge is 0.434 e. The summed E-state index contributed by atoms with van der Waals surface area (Å²) in [5, 5.41) is 5.69. The summed E-state index contributed by atoms with van der Waals surface area (Å²) in [5.41, 5.74) is -0.910. The van der Waals surface area contributed by atoms with Crippen LogP contribution in [-0.2, 0) is 42.9 Å². The number of nitrogens with one attached hydrogen (secondary N) is 2. The van der Waals surface area contributed by atoms with Crippen LogP contribution in [0.25, 0.3) is 0 Å². The SMILES string of the molecule is CCC(CC)CN(C)CC(CNC(=O)CCC(=O)NCCOC(C)(C)CCOC(C)(C)CC(=O)BP)OC(CC(=O)CN(C)CC)OC(=O)CN(C)CC. The predicted molar refractivity (Wildman–Crippen MR) is 219 cm³/mol. The molecule has 0 rings (SSSR count). The van der Waals surface area contributed by atoms with Gasteiger partial charge in [-0.15, -0.1) is 0 Å². The van der Waals surface area contributed by atoms with Crippen LogP contribution >= 0.6 is 9.12 Å². The molecule has 0 spiro atoms. The minimum Gasteiger partial charge on any atom is -0.434 e. The van der Waals surface area contributed by atoms with Gasteiger partial charge in [0.1, 0.15) is 0 Å². The van der Waals surface area contributed by atoms with Crippen LogP contribution in [-0.4, -0.2) is 161 Å². The summed E-state index contributed by atoms with van der Waals surface area (Å²) in [6, 6.07) is 0. The third kappa shape index (κ3) is 26.7. The zero-order valence-electron chi connectivity index (χ0n) is 35.6. The summed E-state index contributed by atoms with van der Waals surface area (Å²) >= 11 is 0. The van der Waals surface area contributed by atoms with E-state index in [2.05, 4.69) is 38.5 Å². The van der Waals surface area contributed by atoms with Crippen molar-refractivity contribution in [3.63, 3.8) is 0 Å². The van der Waals surface area contributed by atoms with Crippen LogP contribution in [0.15, 0.2) is 0 Å². The number of esters is 1. The molecule has 0 aliphatic carbocycles. The van der Waals surface area contributed by atoms with E-state index < -0.39 is 29.6 Å². The van der Waals surface area contributed by atoms with Crippen LogP contribution in [0.1, 0.15) is 100 Å². The van der Waals surface area contributed by atoms with Crippen molar-refractivity contribution in [2.45, 2.75) is 124 Å². The normalized spacial score (nSPS) is 13.3. The summed E-state index contributed by atoms with van der Waals surface area (Å²) in [6.07, 6.45) is 1.17. The van der Waals surface area contributed by atoms with Crippen LogP contribution in [0.2, 0.25) is 0 Å².